The van der Waals surface area contributed by atoms with Crippen molar-refractivity contribution in [3.05, 3.63) is 56.5 Å². The van der Waals surface area contributed by atoms with Crippen LogP contribution < -0.4 is 16.0 Å². The molecule has 0 bridgehead atoms. The van der Waals surface area contributed by atoms with Crippen LogP contribution in [0.25, 0.3) is 11.2 Å². The molecule has 0 aliphatic carbocycles. The molecule has 3 rings (SSSR count). The van der Waals surface area contributed by atoms with Gasteiger partial charge in [-0.1, -0.05) is 25.5 Å². The van der Waals surface area contributed by atoms with Crippen LogP contribution in [0.2, 0.25) is 0 Å². The average Bonchev–Trinajstić information content (AvgIpc) is 3.10. The number of H-pyrrole nitrogens is 1. The van der Waals surface area contributed by atoms with Gasteiger partial charge in [0.25, 0.3) is 5.56 Å². The van der Waals surface area contributed by atoms with Gasteiger partial charge in [-0.25, -0.2) is 14.6 Å². The number of nitrogens with one attached hydrogen (secondary N) is 1. The van der Waals surface area contributed by atoms with Gasteiger partial charge in [-0.2, -0.15) is 8.78 Å². The molecule has 3 aromatic rings. The molecule has 166 valence electrons. The second kappa shape index (κ2) is 9.54. The quantitative estimate of drug-likeness (QED) is 0.517. The molecule has 0 saturated heterocycles. The molecule has 0 fully saturated rings. The Kier molecular flexibility index (Phi) is 6.83. The number of unbranched alkanes of at least 4 members (excludes halogenated alkanes) is 1. The first-order valence-corrected chi connectivity index (χ1v) is 9.80. The van der Waals surface area contributed by atoms with Crippen LogP contribution in [-0.2, 0) is 24.4 Å². The van der Waals surface area contributed by atoms with Crippen LogP contribution in [0.1, 0.15) is 42.9 Å². The van der Waals surface area contributed by atoms with E-state index in [1.165, 1.54) is 28.8 Å². The van der Waals surface area contributed by atoms with Gasteiger partial charge in [-0.3, -0.25) is 14.3 Å². The fraction of sp³-hybridized carbons (Fsp3) is 0.400. The summed E-state index contributed by atoms with van der Waals surface area (Å²) in [5.74, 6) is -0.945. The minimum Gasteiger partial charge on any atom is -0.454 e. The molecule has 0 saturated carbocycles. The average molecular weight is 436 g/mol. The summed E-state index contributed by atoms with van der Waals surface area (Å²) in [6, 6.07) is 5.47. The topological polar surface area (TPSA) is 108 Å². The highest BCUT2D eigenvalue weighted by Crippen LogP contribution is 2.22. The summed E-state index contributed by atoms with van der Waals surface area (Å²) in [5, 5.41) is 0. The maximum atomic E-state index is 12.6. The number of hydrogen-bond donors (Lipinski definition) is 1. The number of aromatic amines is 1. The molecule has 9 nitrogen and oxygen atoms in total. The predicted molar refractivity (Wildman–Crippen MR) is 107 cm³/mol. The molecule has 0 amide bonds. The highest BCUT2D eigenvalue weighted by molar-refractivity contribution is 5.92. The van der Waals surface area contributed by atoms with Crippen molar-refractivity contribution in [3.8, 4) is 5.75 Å². The van der Waals surface area contributed by atoms with Gasteiger partial charge >= 0.3 is 18.3 Å². The molecule has 2 aromatic heterocycles. The van der Waals surface area contributed by atoms with Crippen LogP contribution in [0, 0.1) is 0 Å². The van der Waals surface area contributed by atoms with Gasteiger partial charge in [-0.15, -0.1) is 0 Å². The van der Waals surface area contributed by atoms with E-state index in [0.29, 0.717) is 19.5 Å². The highest BCUT2D eigenvalue weighted by Gasteiger charge is 2.21. The largest absolute Gasteiger partial charge is 0.454 e. The third-order valence-electron chi connectivity index (χ3n) is 4.67. The number of benzene rings is 1. The number of imidazole rings is 1. The van der Waals surface area contributed by atoms with Crippen molar-refractivity contribution < 1.29 is 23.0 Å². The molecule has 0 aliphatic rings. The maximum Gasteiger partial charge on any atom is 0.387 e. The van der Waals surface area contributed by atoms with Crippen molar-refractivity contribution in [2.45, 2.75) is 53.0 Å². The highest BCUT2D eigenvalue weighted by atomic mass is 19.3. The third-order valence-corrected chi connectivity index (χ3v) is 4.67. The zero-order chi connectivity index (χ0) is 22.5. The van der Waals surface area contributed by atoms with Crippen LogP contribution in [0.15, 0.2) is 33.9 Å². The van der Waals surface area contributed by atoms with E-state index in [1.807, 2.05) is 6.92 Å². The molecule has 1 N–H and O–H groups in total. The van der Waals surface area contributed by atoms with Gasteiger partial charge in [0, 0.05) is 13.1 Å². The van der Waals surface area contributed by atoms with E-state index in [1.54, 1.807) is 11.5 Å². The second-order valence-electron chi connectivity index (χ2n) is 6.66. The van der Waals surface area contributed by atoms with E-state index >= 15 is 0 Å². The number of aryl methyl sites for hydroxylation is 2. The summed E-state index contributed by atoms with van der Waals surface area (Å²) in [4.78, 5) is 43.8. The zero-order valence-electron chi connectivity index (χ0n) is 17.1. The monoisotopic (exact) mass is 436 g/mol. The second-order valence-corrected chi connectivity index (χ2v) is 6.66. The zero-order valence-corrected chi connectivity index (χ0v) is 17.1. The molecule has 11 heteroatoms. The molecule has 31 heavy (non-hydrogen) atoms. The van der Waals surface area contributed by atoms with Crippen molar-refractivity contribution >= 4 is 17.1 Å². The Bertz CT molecular complexity index is 1200. The smallest absolute Gasteiger partial charge is 0.387 e. The summed E-state index contributed by atoms with van der Waals surface area (Å²) >= 11 is 0. The first-order valence-electron chi connectivity index (χ1n) is 9.80. The van der Waals surface area contributed by atoms with Gasteiger partial charge in [-0.05, 0) is 25.5 Å². The molecule has 0 atom stereocenters. The van der Waals surface area contributed by atoms with Gasteiger partial charge in [0.2, 0.25) is 0 Å². The minimum atomic E-state index is -3.09. The van der Waals surface area contributed by atoms with Gasteiger partial charge in [0.05, 0.1) is 0 Å². The van der Waals surface area contributed by atoms with Gasteiger partial charge in [0.1, 0.15) is 23.7 Å². The number of carbonyl (C=O) groups is 1. The molecule has 2 heterocycles. The van der Waals surface area contributed by atoms with Crippen molar-refractivity contribution in [3.63, 3.8) is 0 Å². The van der Waals surface area contributed by atoms with Crippen LogP contribution in [-0.4, -0.2) is 31.7 Å². The number of esters is 1. The molecule has 0 unspecified atom stereocenters. The number of hydrogen-bond acceptors (Lipinski definition) is 6. The van der Waals surface area contributed by atoms with Gasteiger partial charge < -0.3 is 14.0 Å². The van der Waals surface area contributed by atoms with Crippen LogP contribution >= 0.6 is 0 Å². The Balaban J connectivity index is 1.94. The summed E-state index contributed by atoms with van der Waals surface area (Å²) in [6.07, 6.45) is 1.55. The number of nitrogens with zero attached hydrogens (tertiary/aromatic N) is 3. The lowest BCUT2D eigenvalue weighted by molar-refractivity contribution is -0.0505. The normalized spacial score (nSPS) is 11.3. The number of alkyl halides is 2. The third kappa shape index (κ3) is 4.65. The Morgan fingerprint density at radius 2 is 1.94 bits per heavy atom. The van der Waals surface area contributed by atoms with Crippen molar-refractivity contribution in [2.75, 3.05) is 0 Å². The van der Waals surface area contributed by atoms with E-state index in [9.17, 15) is 23.2 Å². The molecular weight excluding hydrogens is 414 g/mol. The molecular formula is C20H22F2N4O5. The Morgan fingerprint density at radius 1 is 1.19 bits per heavy atom. The van der Waals surface area contributed by atoms with E-state index in [-0.39, 0.29) is 34.9 Å². The first-order chi connectivity index (χ1) is 14.9. The minimum absolute atomic E-state index is 0.167. The van der Waals surface area contributed by atoms with Crippen LogP contribution in [0.3, 0.4) is 0 Å². The lowest BCUT2D eigenvalue weighted by Crippen LogP contribution is -2.31. The van der Waals surface area contributed by atoms with Crippen molar-refractivity contribution in [1.29, 1.82) is 0 Å². The van der Waals surface area contributed by atoms with E-state index in [2.05, 4.69) is 14.7 Å². The van der Waals surface area contributed by atoms with Gasteiger partial charge in [0.15, 0.2) is 11.2 Å². The lowest BCUT2D eigenvalue weighted by Gasteiger charge is -2.10. The molecule has 0 spiro atoms. The summed E-state index contributed by atoms with van der Waals surface area (Å²) < 4.78 is 37.7. The Labute approximate surface area is 175 Å². The Hall–Kier alpha value is -3.50. The fourth-order valence-corrected chi connectivity index (χ4v) is 3.23. The van der Waals surface area contributed by atoms with Crippen LogP contribution in [0.4, 0.5) is 8.78 Å². The number of fused-ring (bicyclic) bond motifs is 1. The number of carbonyl (C=O) groups excluding carboxylic acids is 1. The van der Waals surface area contributed by atoms with E-state index in [4.69, 9.17) is 4.74 Å². The maximum absolute atomic E-state index is 12.6. The van der Waals surface area contributed by atoms with Crippen LogP contribution in [0.5, 0.6) is 5.75 Å². The lowest BCUT2D eigenvalue weighted by atomic mass is 10.2. The predicted octanol–water partition coefficient (Wildman–Crippen LogP) is 2.66. The molecule has 0 radical (unpaired) electrons. The Morgan fingerprint density at radius 3 is 2.61 bits per heavy atom. The SMILES string of the molecule is CCCCn1c(=O)[nH]c(=O)c2c1nc(COC(=O)c1ccccc1OC(F)F)n2CC. The molecule has 1 aromatic carbocycles. The van der Waals surface area contributed by atoms with E-state index in [0.717, 1.165) is 6.42 Å². The standard InChI is InChI=1S/C20H22F2N4O5/c1-3-5-10-26-16-15(17(27)24-20(26)29)25(4-2)14(23-16)11-30-18(28)12-8-6-7-9-13(12)31-19(21)22/h6-9,19H,3-5,10-11H2,1-2H3,(H,24,27,29). The number of rotatable bonds is 9. The number of aromatic nitrogens is 4. The summed E-state index contributed by atoms with van der Waals surface area (Å²) in [6.45, 7) is 1.04. The van der Waals surface area contributed by atoms with Crippen molar-refractivity contribution in [2.24, 2.45) is 0 Å². The first kappa shape index (κ1) is 22.2. The van der Waals surface area contributed by atoms with E-state index < -0.39 is 23.8 Å². The van der Waals surface area contributed by atoms with Crippen molar-refractivity contribution in [1.82, 2.24) is 19.1 Å². The molecule has 0 aliphatic heterocycles. The number of halogens is 2. The number of ether oxygens (including phenoxy) is 2. The summed E-state index contributed by atoms with van der Waals surface area (Å²) in [5.41, 5.74) is -0.912. The summed E-state index contributed by atoms with van der Waals surface area (Å²) in [7, 11) is 0. The fourth-order valence-electron chi connectivity index (χ4n) is 3.23. The number of para-hydroxylation sites is 1.